The number of nitrogens with zero attached hydrogens (tertiary/aromatic N) is 2. The van der Waals surface area contributed by atoms with Crippen LogP contribution in [0.5, 0.6) is 0 Å². The quantitative estimate of drug-likeness (QED) is 0.767. The van der Waals surface area contributed by atoms with Crippen molar-refractivity contribution in [2.75, 3.05) is 11.4 Å². The Morgan fingerprint density at radius 1 is 1.41 bits per heavy atom. The zero-order valence-electron chi connectivity index (χ0n) is 10.7. The van der Waals surface area contributed by atoms with Gasteiger partial charge < -0.3 is 4.90 Å². The van der Waals surface area contributed by atoms with Crippen molar-refractivity contribution in [3.63, 3.8) is 0 Å². The van der Waals surface area contributed by atoms with Crippen LogP contribution >= 0.6 is 15.9 Å². The first-order valence-electron chi connectivity index (χ1n) is 5.89. The number of rotatable bonds is 5. The Bertz CT molecular complexity index is 407. The zero-order valence-corrected chi connectivity index (χ0v) is 12.3. The highest BCUT2D eigenvalue weighted by atomic mass is 79.9. The molecule has 0 bridgehead atoms. The Labute approximate surface area is 112 Å². The van der Waals surface area contributed by atoms with Gasteiger partial charge in [-0.15, -0.1) is 0 Å². The van der Waals surface area contributed by atoms with Crippen LogP contribution in [0.4, 0.5) is 5.69 Å². The standard InChI is InChI=1S/C14H19BrN2/c1-11(2)17(8-4-7-16)14-6-5-13(10-15)12(3)9-14/h5-6,9,11H,4,8,10H2,1-3H3. The molecule has 1 aromatic carbocycles. The summed E-state index contributed by atoms with van der Waals surface area (Å²) in [6.45, 7) is 7.24. The molecule has 3 heteroatoms. The van der Waals surface area contributed by atoms with Gasteiger partial charge in [-0.2, -0.15) is 5.26 Å². The Hall–Kier alpha value is -1.01. The molecule has 1 aromatic rings. The highest BCUT2D eigenvalue weighted by Crippen LogP contribution is 2.22. The molecule has 0 amide bonds. The molecule has 0 aliphatic rings. The molecule has 0 aromatic heterocycles. The minimum Gasteiger partial charge on any atom is -0.368 e. The maximum atomic E-state index is 8.70. The van der Waals surface area contributed by atoms with Gasteiger partial charge in [0.2, 0.25) is 0 Å². The van der Waals surface area contributed by atoms with E-state index in [1.807, 2.05) is 0 Å². The third-order valence-electron chi connectivity index (χ3n) is 2.89. The normalized spacial score (nSPS) is 10.4. The highest BCUT2D eigenvalue weighted by Gasteiger charge is 2.11. The number of benzene rings is 1. The Kier molecular flexibility index (Phi) is 5.50. The molecular formula is C14H19BrN2. The van der Waals surface area contributed by atoms with Crippen LogP contribution in [0, 0.1) is 18.3 Å². The molecule has 0 unspecified atom stereocenters. The lowest BCUT2D eigenvalue weighted by atomic mass is 10.1. The van der Waals surface area contributed by atoms with Crippen LogP contribution in [0.1, 0.15) is 31.4 Å². The monoisotopic (exact) mass is 294 g/mol. The number of aryl methyl sites for hydroxylation is 1. The van der Waals surface area contributed by atoms with Gasteiger partial charge in [0.25, 0.3) is 0 Å². The van der Waals surface area contributed by atoms with Crippen molar-refractivity contribution >= 4 is 21.6 Å². The summed E-state index contributed by atoms with van der Waals surface area (Å²) in [7, 11) is 0. The van der Waals surface area contributed by atoms with E-state index in [4.69, 9.17) is 5.26 Å². The van der Waals surface area contributed by atoms with Crippen LogP contribution in [0.2, 0.25) is 0 Å². The molecule has 0 N–H and O–H groups in total. The molecule has 2 nitrogen and oxygen atoms in total. The summed E-state index contributed by atoms with van der Waals surface area (Å²) in [6.07, 6.45) is 0.567. The van der Waals surface area contributed by atoms with E-state index < -0.39 is 0 Å². The van der Waals surface area contributed by atoms with Crippen LogP contribution in [-0.4, -0.2) is 12.6 Å². The molecule has 92 valence electrons. The van der Waals surface area contributed by atoms with Gasteiger partial charge in [-0.3, -0.25) is 0 Å². The molecule has 0 spiro atoms. The fourth-order valence-corrected chi connectivity index (χ4v) is 2.49. The van der Waals surface area contributed by atoms with Crippen molar-refractivity contribution < 1.29 is 0 Å². The molecule has 0 atom stereocenters. The van der Waals surface area contributed by atoms with Crippen molar-refractivity contribution in [3.05, 3.63) is 29.3 Å². The molecule has 0 fully saturated rings. The largest absolute Gasteiger partial charge is 0.368 e. The molecule has 0 heterocycles. The van der Waals surface area contributed by atoms with Gasteiger partial charge in [-0.1, -0.05) is 22.0 Å². The second-order valence-electron chi connectivity index (χ2n) is 4.44. The average molecular weight is 295 g/mol. The molecular weight excluding hydrogens is 276 g/mol. The average Bonchev–Trinajstić information content (AvgIpc) is 2.29. The van der Waals surface area contributed by atoms with E-state index in [1.54, 1.807) is 0 Å². The predicted molar refractivity (Wildman–Crippen MR) is 76.5 cm³/mol. The lowest BCUT2D eigenvalue weighted by Crippen LogP contribution is -2.31. The summed E-state index contributed by atoms with van der Waals surface area (Å²) in [6, 6.07) is 9.12. The van der Waals surface area contributed by atoms with Gasteiger partial charge in [0.05, 0.1) is 12.5 Å². The minimum absolute atomic E-state index is 0.414. The first-order valence-corrected chi connectivity index (χ1v) is 7.01. The first kappa shape index (κ1) is 14.1. The topological polar surface area (TPSA) is 27.0 Å². The molecule has 0 radical (unpaired) electrons. The Morgan fingerprint density at radius 2 is 2.12 bits per heavy atom. The van der Waals surface area contributed by atoms with Gasteiger partial charge in [0.1, 0.15) is 0 Å². The van der Waals surface area contributed by atoms with Crippen LogP contribution < -0.4 is 4.90 Å². The first-order chi connectivity index (χ1) is 8.10. The van der Waals surface area contributed by atoms with E-state index in [0.29, 0.717) is 12.5 Å². The van der Waals surface area contributed by atoms with Gasteiger partial charge in [0.15, 0.2) is 0 Å². The third-order valence-corrected chi connectivity index (χ3v) is 3.49. The molecule has 1 rings (SSSR count). The van der Waals surface area contributed by atoms with Crippen molar-refractivity contribution in [2.45, 2.75) is 38.6 Å². The second-order valence-corrected chi connectivity index (χ2v) is 5.00. The summed E-state index contributed by atoms with van der Waals surface area (Å²) in [5, 5.41) is 9.59. The number of halogens is 1. The number of anilines is 1. The molecule has 0 saturated heterocycles. The summed E-state index contributed by atoms with van der Waals surface area (Å²) >= 11 is 3.48. The minimum atomic E-state index is 0.414. The summed E-state index contributed by atoms with van der Waals surface area (Å²) < 4.78 is 0. The van der Waals surface area contributed by atoms with E-state index in [-0.39, 0.29) is 0 Å². The lowest BCUT2D eigenvalue weighted by Gasteiger charge is -2.28. The molecule has 0 aliphatic heterocycles. The van der Waals surface area contributed by atoms with E-state index in [1.165, 1.54) is 16.8 Å². The number of alkyl halides is 1. The van der Waals surface area contributed by atoms with Gasteiger partial charge in [-0.05, 0) is 44.0 Å². The smallest absolute Gasteiger partial charge is 0.0640 e. The summed E-state index contributed by atoms with van der Waals surface area (Å²) in [5.41, 5.74) is 3.82. The number of hydrogen-bond acceptors (Lipinski definition) is 2. The van der Waals surface area contributed by atoms with E-state index >= 15 is 0 Å². The van der Waals surface area contributed by atoms with Crippen molar-refractivity contribution in [3.8, 4) is 6.07 Å². The number of hydrogen-bond donors (Lipinski definition) is 0. The predicted octanol–water partition coefficient (Wildman–Crippen LogP) is 4.02. The maximum absolute atomic E-state index is 8.70. The lowest BCUT2D eigenvalue weighted by molar-refractivity contribution is 0.686. The van der Waals surface area contributed by atoms with E-state index in [9.17, 15) is 0 Å². The number of nitriles is 1. The van der Waals surface area contributed by atoms with E-state index in [0.717, 1.165) is 11.9 Å². The summed E-state index contributed by atoms with van der Waals surface area (Å²) in [5.74, 6) is 0. The van der Waals surface area contributed by atoms with Crippen molar-refractivity contribution in [1.82, 2.24) is 0 Å². The van der Waals surface area contributed by atoms with Crippen LogP contribution in [0.25, 0.3) is 0 Å². The van der Waals surface area contributed by atoms with E-state index in [2.05, 4.69) is 65.9 Å². The van der Waals surface area contributed by atoms with Crippen LogP contribution in [0.15, 0.2) is 18.2 Å². The third kappa shape index (κ3) is 3.74. The maximum Gasteiger partial charge on any atom is 0.0640 e. The Morgan fingerprint density at radius 3 is 2.59 bits per heavy atom. The zero-order chi connectivity index (χ0) is 12.8. The highest BCUT2D eigenvalue weighted by molar-refractivity contribution is 9.08. The second kappa shape index (κ2) is 6.66. The van der Waals surface area contributed by atoms with Gasteiger partial charge in [0, 0.05) is 23.6 Å². The fraction of sp³-hybridized carbons (Fsp3) is 0.500. The molecule has 0 saturated carbocycles. The van der Waals surface area contributed by atoms with Gasteiger partial charge in [-0.25, -0.2) is 0 Å². The molecule has 17 heavy (non-hydrogen) atoms. The SMILES string of the molecule is Cc1cc(N(CCC#N)C(C)C)ccc1CBr. The van der Waals surface area contributed by atoms with Crippen LogP contribution in [-0.2, 0) is 5.33 Å². The fourth-order valence-electron chi connectivity index (χ4n) is 1.86. The Balaban J connectivity index is 2.95. The summed E-state index contributed by atoms with van der Waals surface area (Å²) in [4.78, 5) is 2.27. The van der Waals surface area contributed by atoms with Crippen LogP contribution in [0.3, 0.4) is 0 Å². The van der Waals surface area contributed by atoms with Gasteiger partial charge >= 0.3 is 0 Å². The molecule has 0 aliphatic carbocycles. The van der Waals surface area contributed by atoms with Crippen molar-refractivity contribution in [1.29, 1.82) is 5.26 Å². The van der Waals surface area contributed by atoms with Crippen molar-refractivity contribution in [2.24, 2.45) is 0 Å².